The van der Waals surface area contributed by atoms with Gasteiger partial charge < -0.3 is 14.9 Å². The molecule has 2 N–H and O–H groups in total. The van der Waals surface area contributed by atoms with Gasteiger partial charge in [0.25, 0.3) is 0 Å². The molecule has 0 aromatic rings. The first kappa shape index (κ1) is 26.0. The predicted octanol–water partition coefficient (Wildman–Crippen LogP) is 5.68. The molecule has 1 heterocycles. The monoisotopic (exact) mass is 432 g/mol. The summed E-state index contributed by atoms with van der Waals surface area (Å²) in [5.41, 5.74) is 3.08. The average molecular weight is 433 g/mol. The van der Waals surface area contributed by atoms with Gasteiger partial charge in [-0.3, -0.25) is 4.79 Å². The van der Waals surface area contributed by atoms with E-state index in [1.54, 1.807) is 0 Å². The number of Topliss-reactive ketones (excluding diaryl/α,β-unsaturated/α-hetero) is 1. The third-order valence-corrected chi connectivity index (χ3v) is 6.81. The number of carbonyl (C=O) groups excluding carboxylic acids is 1. The maximum absolute atomic E-state index is 12.0. The van der Waals surface area contributed by atoms with Crippen LogP contribution in [0, 0.1) is 11.8 Å². The molecule has 0 aromatic carbocycles. The Labute approximate surface area is 189 Å². The van der Waals surface area contributed by atoms with Gasteiger partial charge in [-0.25, -0.2) is 0 Å². The molecule has 0 saturated heterocycles. The molecule has 5 unspecified atom stereocenters. The molecule has 5 atom stereocenters. The molecule has 31 heavy (non-hydrogen) atoms. The van der Waals surface area contributed by atoms with E-state index in [0.29, 0.717) is 12.3 Å². The van der Waals surface area contributed by atoms with E-state index < -0.39 is 0 Å². The Morgan fingerprint density at radius 3 is 2.65 bits per heavy atom. The number of allylic oxidation sites excluding steroid dienone is 3. The van der Waals surface area contributed by atoms with Gasteiger partial charge in [-0.1, -0.05) is 37.5 Å². The number of ketones is 1. The normalized spacial score (nSPS) is 25.4. The number of hydrogen-bond acceptors (Lipinski definition) is 4. The van der Waals surface area contributed by atoms with Crippen LogP contribution in [-0.4, -0.2) is 40.9 Å². The quantitative estimate of drug-likeness (QED) is 0.367. The van der Waals surface area contributed by atoms with Crippen LogP contribution < -0.4 is 0 Å². The number of carbonyl (C=O) groups is 1. The van der Waals surface area contributed by atoms with Gasteiger partial charge in [0.2, 0.25) is 0 Å². The lowest BCUT2D eigenvalue weighted by Crippen LogP contribution is -2.38. The maximum atomic E-state index is 12.0. The summed E-state index contributed by atoms with van der Waals surface area (Å²) in [4.78, 5) is 12.0. The van der Waals surface area contributed by atoms with Crippen molar-refractivity contribution >= 4 is 5.78 Å². The van der Waals surface area contributed by atoms with Crippen molar-refractivity contribution < 1.29 is 19.7 Å². The van der Waals surface area contributed by atoms with Crippen molar-refractivity contribution in [1.82, 2.24) is 0 Å². The molecule has 1 aliphatic heterocycles. The summed E-state index contributed by atoms with van der Waals surface area (Å²) in [6, 6.07) is 0. The minimum atomic E-state index is -0.255. The van der Waals surface area contributed by atoms with Gasteiger partial charge in [0.05, 0.1) is 24.9 Å². The van der Waals surface area contributed by atoms with E-state index in [2.05, 4.69) is 26.8 Å². The van der Waals surface area contributed by atoms with Crippen molar-refractivity contribution in [3.05, 3.63) is 34.9 Å². The molecular formula is C27H44O4. The second kappa shape index (κ2) is 13.3. The first-order valence-corrected chi connectivity index (χ1v) is 12.3. The number of aliphatic hydroxyl groups is 2. The second-order valence-electron chi connectivity index (χ2n) is 9.80. The highest BCUT2D eigenvalue weighted by molar-refractivity contribution is 5.96. The fourth-order valence-corrected chi connectivity index (χ4v) is 4.91. The lowest BCUT2D eigenvalue weighted by molar-refractivity contribution is -0.119. The topological polar surface area (TPSA) is 66.8 Å². The number of ether oxygens (including phenoxy) is 1. The van der Waals surface area contributed by atoms with Gasteiger partial charge in [0, 0.05) is 12.3 Å². The summed E-state index contributed by atoms with van der Waals surface area (Å²) >= 11 is 0. The molecule has 0 aromatic heterocycles. The number of hydrogen-bond donors (Lipinski definition) is 2. The lowest BCUT2D eigenvalue weighted by atomic mass is 9.79. The zero-order valence-electron chi connectivity index (χ0n) is 20.1. The molecular weight excluding hydrogens is 388 g/mol. The van der Waals surface area contributed by atoms with Crippen molar-refractivity contribution in [1.29, 1.82) is 0 Å². The fraction of sp³-hybridized carbons (Fsp3) is 0.741. The van der Waals surface area contributed by atoms with Crippen LogP contribution in [0.1, 0.15) is 91.9 Å². The van der Waals surface area contributed by atoms with E-state index in [9.17, 15) is 15.0 Å². The van der Waals surface area contributed by atoms with E-state index in [-0.39, 0.29) is 36.6 Å². The van der Waals surface area contributed by atoms with Crippen LogP contribution in [0.15, 0.2) is 34.9 Å². The molecule has 0 amide bonds. The summed E-state index contributed by atoms with van der Waals surface area (Å²) < 4.78 is 6.21. The van der Waals surface area contributed by atoms with E-state index in [4.69, 9.17) is 4.74 Å². The Morgan fingerprint density at radius 2 is 1.97 bits per heavy atom. The third kappa shape index (κ3) is 8.67. The Hall–Kier alpha value is -1.23. The molecule has 2 aliphatic rings. The van der Waals surface area contributed by atoms with Crippen molar-refractivity contribution in [3.8, 4) is 0 Å². The predicted molar refractivity (Wildman–Crippen MR) is 127 cm³/mol. The smallest absolute Gasteiger partial charge is 0.159 e. The van der Waals surface area contributed by atoms with E-state index in [0.717, 1.165) is 49.7 Å². The first-order chi connectivity index (χ1) is 14.8. The summed E-state index contributed by atoms with van der Waals surface area (Å²) in [6.45, 7) is 8.37. The Kier molecular flexibility index (Phi) is 11.2. The summed E-state index contributed by atoms with van der Waals surface area (Å²) in [6.07, 6.45) is 15.6. The highest BCUT2D eigenvalue weighted by atomic mass is 16.5. The van der Waals surface area contributed by atoms with Gasteiger partial charge >= 0.3 is 0 Å². The Balaban J connectivity index is 1.76. The third-order valence-electron chi connectivity index (χ3n) is 6.81. The van der Waals surface area contributed by atoms with Gasteiger partial charge in [-0.2, -0.15) is 0 Å². The first-order valence-electron chi connectivity index (χ1n) is 12.3. The standard InChI is InChI=1S/C27H44O4/c1-5-8-21(10-6-9-19(2)3)13-14-23(29)11-7-12-24-16-22(18-28)25-17-26(30)20(4)15-27(25)31-24/h9,15-16,21,23-25,27-29H,5-8,10-14,17-18H2,1-4H3. The highest BCUT2D eigenvalue weighted by Crippen LogP contribution is 2.35. The molecule has 176 valence electrons. The number of rotatable bonds is 13. The zero-order valence-corrected chi connectivity index (χ0v) is 20.1. The summed E-state index contributed by atoms with van der Waals surface area (Å²) in [5, 5.41) is 20.3. The Bertz CT molecular complexity index is 656. The molecule has 0 bridgehead atoms. The van der Waals surface area contributed by atoms with Crippen molar-refractivity contribution in [2.45, 2.75) is 110 Å². The van der Waals surface area contributed by atoms with Crippen molar-refractivity contribution in [2.24, 2.45) is 11.8 Å². The van der Waals surface area contributed by atoms with Crippen molar-refractivity contribution in [2.75, 3.05) is 6.61 Å². The van der Waals surface area contributed by atoms with Crippen LogP contribution in [0.4, 0.5) is 0 Å². The van der Waals surface area contributed by atoms with Crippen LogP contribution >= 0.6 is 0 Å². The minimum absolute atomic E-state index is 0.0185. The minimum Gasteiger partial charge on any atom is -0.393 e. The van der Waals surface area contributed by atoms with E-state index >= 15 is 0 Å². The summed E-state index contributed by atoms with van der Waals surface area (Å²) in [7, 11) is 0. The SMILES string of the molecule is CCCC(CCC=C(C)C)CCC(O)CCCC1C=C(CO)C2CC(=O)C(C)=CC2O1. The van der Waals surface area contributed by atoms with Gasteiger partial charge in [-0.05, 0) is 88.9 Å². The highest BCUT2D eigenvalue weighted by Gasteiger charge is 2.36. The summed E-state index contributed by atoms with van der Waals surface area (Å²) in [5.74, 6) is 0.825. The lowest BCUT2D eigenvalue weighted by Gasteiger charge is -2.37. The molecule has 4 heteroatoms. The van der Waals surface area contributed by atoms with Crippen LogP contribution in [0.3, 0.4) is 0 Å². The zero-order chi connectivity index (χ0) is 22.8. The number of aliphatic hydroxyl groups excluding tert-OH is 2. The number of fused-ring (bicyclic) bond motifs is 1. The van der Waals surface area contributed by atoms with Gasteiger partial charge in [-0.15, -0.1) is 0 Å². The molecule has 4 nitrogen and oxygen atoms in total. The molecule has 0 spiro atoms. The molecule has 0 radical (unpaired) electrons. The molecule has 2 rings (SSSR count). The van der Waals surface area contributed by atoms with Crippen LogP contribution in [0.25, 0.3) is 0 Å². The van der Waals surface area contributed by atoms with E-state index in [1.165, 1.54) is 24.8 Å². The molecule has 0 fully saturated rings. The molecule has 1 aliphatic carbocycles. The average Bonchev–Trinajstić information content (AvgIpc) is 2.72. The van der Waals surface area contributed by atoms with Crippen LogP contribution in [-0.2, 0) is 9.53 Å². The van der Waals surface area contributed by atoms with Crippen LogP contribution in [0.2, 0.25) is 0 Å². The van der Waals surface area contributed by atoms with Gasteiger partial charge in [0.1, 0.15) is 0 Å². The fourth-order valence-electron chi connectivity index (χ4n) is 4.91. The Morgan fingerprint density at radius 1 is 1.19 bits per heavy atom. The largest absolute Gasteiger partial charge is 0.393 e. The van der Waals surface area contributed by atoms with Gasteiger partial charge in [0.15, 0.2) is 5.78 Å². The molecule has 0 saturated carbocycles. The van der Waals surface area contributed by atoms with Crippen LogP contribution in [0.5, 0.6) is 0 Å². The van der Waals surface area contributed by atoms with Crippen molar-refractivity contribution in [3.63, 3.8) is 0 Å². The van der Waals surface area contributed by atoms with E-state index in [1.807, 2.05) is 19.1 Å². The maximum Gasteiger partial charge on any atom is 0.159 e. The second-order valence-corrected chi connectivity index (χ2v) is 9.80.